The summed E-state index contributed by atoms with van der Waals surface area (Å²) in [6.45, 7) is 2.64. The number of furan rings is 1. The van der Waals surface area contributed by atoms with Crippen molar-refractivity contribution in [3.05, 3.63) is 59.0 Å². The Morgan fingerprint density at radius 3 is 3.05 bits per heavy atom. The Morgan fingerprint density at radius 1 is 1.38 bits per heavy atom. The maximum Gasteiger partial charge on any atom is 0.287 e. The Morgan fingerprint density at radius 2 is 2.24 bits per heavy atom. The number of rotatable bonds is 3. The van der Waals surface area contributed by atoms with Gasteiger partial charge in [-0.15, -0.1) is 0 Å². The molecule has 0 radical (unpaired) electrons. The number of nitrogens with one attached hydrogen (secondary N) is 1. The van der Waals surface area contributed by atoms with Crippen LogP contribution in [0.4, 0.5) is 0 Å². The summed E-state index contributed by atoms with van der Waals surface area (Å²) in [6.07, 6.45) is 5.17. The second-order valence-electron chi connectivity index (χ2n) is 6.36. The van der Waals surface area contributed by atoms with Gasteiger partial charge in [-0.2, -0.15) is 0 Å². The molecule has 1 aromatic heterocycles. The van der Waals surface area contributed by atoms with E-state index in [0.29, 0.717) is 17.1 Å². The third-order valence-electron chi connectivity index (χ3n) is 5.20. The van der Waals surface area contributed by atoms with Crippen molar-refractivity contribution in [2.24, 2.45) is 5.92 Å². The van der Waals surface area contributed by atoms with Crippen LogP contribution in [-0.4, -0.2) is 12.5 Å². The summed E-state index contributed by atoms with van der Waals surface area (Å²) in [4.78, 5) is 12.1. The van der Waals surface area contributed by atoms with E-state index in [1.165, 1.54) is 30.4 Å². The first-order valence-corrected chi connectivity index (χ1v) is 7.61. The van der Waals surface area contributed by atoms with E-state index < -0.39 is 0 Å². The molecule has 1 N–H and O–H groups in total. The smallest absolute Gasteiger partial charge is 0.287 e. The zero-order valence-corrected chi connectivity index (χ0v) is 12.2. The fraction of sp³-hybridized carbons (Fsp3) is 0.389. The van der Waals surface area contributed by atoms with Gasteiger partial charge in [0.1, 0.15) is 0 Å². The highest BCUT2D eigenvalue weighted by atomic mass is 16.3. The summed E-state index contributed by atoms with van der Waals surface area (Å²) in [6, 6.07) is 10.6. The molecule has 2 aromatic rings. The monoisotopic (exact) mass is 281 g/mol. The molecular weight excluding hydrogens is 262 g/mol. The Hall–Kier alpha value is -2.03. The van der Waals surface area contributed by atoms with E-state index in [9.17, 15) is 4.79 Å². The number of hydrogen-bond acceptors (Lipinski definition) is 2. The second kappa shape index (κ2) is 4.48. The summed E-state index contributed by atoms with van der Waals surface area (Å²) in [5, 5.41) is 3.04. The van der Waals surface area contributed by atoms with E-state index in [2.05, 4.69) is 29.6 Å². The summed E-state index contributed by atoms with van der Waals surface area (Å²) < 4.78 is 5.24. The summed E-state index contributed by atoms with van der Waals surface area (Å²) in [7, 11) is 0. The first-order chi connectivity index (χ1) is 10.2. The molecule has 21 heavy (non-hydrogen) atoms. The Labute approximate surface area is 124 Å². The highest BCUT2D eigenvalue weighted by Gasteiger charge is 2.57. The highest BCUT2D eigenvalue weighted by Crippen LogP contribution is 2.61. The summed E-state index contributed by atoms with van der Waals surface area (Å²) in [5.41, 5.74) is 4.23. The van der Waals surface area contributed by atoms with Crippen molar-refractivity contribution in [1.82, 2.24) is 5.32 Å². The normalized spacial score (nSPS) is 25.9. The standard InChI is InChI=1S/C18H19NO2/c1-12-7-9-21-16(12)17(20)19-11-14-10-18(14)8-6-13-4-2-3-5-15(13)18/h2-5,7,9,14H,6,8,10-11H2,1H3,(H,19,20)/t14-,18-/m1/s1. The van der Waals surface area contributed by atoms with E-state index in [-0.39, 0.29) is 5.91 Å². The average Bonchev–Trinajstić information content (AvgIpc) is 2.82. The van der Waals surface area contributed by atoms with Crippen LogP contribution < -0.4 is 5.32 Å². The number of aryl methyl sites for hydroxylation is 2. The van der Waals surface area contributed by atoms with Crippen molar-refractivity contribution in [1.29, 1.82) is 0 Å². The maximum absolute atomic E-state index is 12.1. The highest BCUT2D eigenvalue weighted by molar-refractivity contribution is 5.92. The molecule has 1 heterocycles. The molecule has 0 bridgehead atoms. The van der Waals surface area contributed by atoms with Gasteiger partial charge < -0.3 is 9.73 Å². The van der Waals surface area contributed by atoms with Gasteiger partial charge in [0.2, 0.25) is 0 Å². The maximum atomic E-state index is 12.1. The molecule has 1 spiro atoms. The van der Waals surface area contributed by atoms with Crippen LogP contribution in [0.15, 0.2) is 41.0 Å². The molecule has 3 nitrogen and oxygen atoms in total. The number of benzene rings is 1. The van der Waals surface area contributed by atoms with Gasteiger partial charge in [0, 0.05) is 17.5 Å². The average molecular weight is 281 g/mol. The van der Waals surface area contributed by atoms with Crippen LogP contribution in [0.2, 0.25) is 0 Å². The number of carbonyl (C=O) groups is 1. The first kappa shape index (κ1) is 12.7. The summed E-state index contributed by atoms with van der Waals surface area (Å²) in [5.74, 6) is 0.919. The number of carbonyl (C=O) groups excluding carboxylic acids is 1. The van der Waals surface area contributed by atoms with Crippen molar-refractivity contribution in [2.75, 3.05) is 6.54 Å². The molecule has 2 atom stereocenters. The minimum Gasteiger partial charge on any atom is -0.459 e. The molecule has 0 aliphatic heterocycles. The molecule has 0 unspecified atom stereocenters. The van der Waals surface area contributed by atoms with Gasteiger partial charge in [-0.1, -0.05) is 24.3 Å². The lowest BCUT2D eigenvalue weighted by atomic mass is 9.95. The van der Waals surface area contributed by atoms with E-state index in [1.807, 2.05) is 13.0 Å². The van der Waals surface area contributed by atoms with Gasteiger partial charge in [0.25, 0.3) is 5.91 Å². The predicted octanol–water partition coefficient (Wildman–Crippen LogP) is 3.22. The van der Waals surface area contributed by atoms with Crippen LogP contribution in [0, 0.1) is 12.8 Å². The molecule has 4 rings (SSSR count). The van der Waals surface area contributed by atoms with Crippen LogP contribution in [0.1, 0.15) is 40.1 Å². The SMILES string of the molecule is Cc1ccoc1C(=O)NC[C@H]1C[C@]12CCc1ccccc12. The fourth-order valence-electron chi connectivity index (χ4n) is 3.90. The van der Waals surface area contributed by atoms with Gasteiger partial charge in [-0.25, -0.2) is 0 Å². The topological polar surface area (TPSA) is 42.2 Å². The molecule has 1 amide bonds. The Balaban J connectivity index is 1.43. The van der Waals surface area contributed by atoms with E-state index in [4.69, 9.17) is 4.42 Å². The second-order valence-corrected chi connectivity index (χ2v) is 6.36. The molecule has 1 fully saturated rings. The molecule has 2 aliphatic carbocycles. The molecule has 108 valence electrons. The quantitative estimate of drug-likeness (QED) is 0.938. The van der Waals surface area contributed by atoms with E-state index in [0.717, 1.165) is 12.1 Å². The zero-order chi connectivity index (χ0) is 14.4. The molecule has 2 aliphatic rings. The third-order valence-corrected chi connectivity index (χ3v) is 5.20. The van der Waals surface area contributed by atoms with Crippen LogP contribution in [0.3, 0.4) is 0 Å². The van der Waals surface area contributed by atoms with Crippen LogP contribution in [0.25, 0.3) is 0 Å². The number of amides is 1. The molecule has 1 aromatic carbocycles. The van der Waals surface area contributed by atoms with Gasteiger partial charge in [-0.05, 0) is 49.3 Å². The lowest BCUT2D eigenvalue weighted by Crippen LogP contribution is -2.27. The predicted molar refractivity (Wildman–Crippen MR) is 80.3 cm³/mol. The van der Waals surface area contributed by atoms with Crippen molar-refractivity contribution < 1.29 is 9.21 Å². The van der Waals surface area contributed by atoms with Gasteiger partial charge >= 0.3 is 0 Å². The van der Waals surface area contributed by atoms with Crippen LogP contribution in [-0.2, 0) is 11.8 Å². The third kappa shape index (κ3) is 1.91. The molecule has 3 heteroatoms. The number of hydrogen-bond donors (Lipinski definition) is 1. The molecule has 1 saturated carbocycles. The zero-order valence-electron chi connectivity index (χ0n) is 12.2. The minimum absolute atomic E-state index is 0.0918. The van der Waals surface area contributed by atoms with E-state index in [1.54, 1.807) is 6.26 Å². The van der Waals surface area contributed by atoms with Gasteiger partial charge in [-0.3, -0.25) is 4.79 Å². The van der Waals surface area contributed by atoms with E-state index >= 15 is 0 Å². The Bertz CT molecular complexity index is 703. The van der Waals surface area contributed by atoms with Crippen molar-refractivity contribution in [2.45, 2.75) is 31.6 Å². The largest absolute Gasteiger partial charge is 0.459 e. The van der Waals surface area contributed by atoms with Gasteiger partial charge in [0.15, 0.2) is 5.76 Å². The number of fused-ring (bicyclic) bond motifs is 2. The summed E-state index contributed by atoms with van der Waals surface area (Å²) >= 11 is 0. The molecular formula is C18H19NO2. The van der Waals surface area contributed by atoms with Crippen molar-refractivity contribution in [3.63, 3.8) is 0 Å². The Kier molecular flexibility index (Phi) is 2.71. The fourth-order valence-corrected chi connectivity index (χ4v) is 3.90. The lowest BCUT2D eigenvalue weighted by molar-refractivity contribution is 0.0922. The van der Waals surface area contributed by atoms with Crippen LogP contribution >= 0.6 is 0 Å². The molecule has 0 saturated heterocycles. The van der Waals surface area contributed by atoms with Crippen molar-refractivity contribution in [3.8, 4) is 0 Å². The lowest BCUT2D eigenvalue weighted by Gasteiger charge is -2.12. The van der Waals surface area contributed by atoms with Gasteiger partial charge in [0.05, 0.1) is 6.26 Å². The minimum atomic E-state index is -0.0918. The van der Waals surface area contributed by atoms with Crippen molar-refractivity contribution >= 4 is 5.91 Å². The first-order valence-electron chi connectivity index (χ1n) is 7.61. The van der Waals surface area contributed by atoms with Crippen LogP contribution in [0.5, 0.6) is 0 Å².